The van der Waals surface area contributed by atoms with Gasteiger partial charge >= 0.3 is 0 Å². The molecular formula is C10H10FNO3. The molecule has 0 aliphatic carbocycles. The van der Waals surface area contributed by atoms with Gasteiger partial charge in [-0.05, 0) is 19.1 Å². The summed E-state index contributed by atoms with van der Waals surface area (Å²) in [5.74, 6) is -1.29. The van der Waals surface area contributed by atoms with E-state index in [1.807, 2.05) is 0 Å². The van der Waals surface area contributed by atoms with Crippen LogP contribution in [0.15, 0.2) is 18.2 Å². The lowest BCUT2D eigenvalue weighted by molar-refractivity contribution is -0.127. The molecule has 0 aliphatic heterocycles. The molecule has 0 saturated heterocycles. The van der Waals surface area contributed by atoms with Gasteiger partial charge in [-0.15, -0.1) is 0 Å². The molecule has 15 heavy (non-hydrogen) atoms. The monoisotopic (exact) mass is 211 g/mol. The highest BCUT2D eigenvalue weighted by Gasteiger charge is 2.05. The van der Waals surface area contributed by atoms with E-state index in [9.17, 15) is 14.0 Å². The van der Waals surface area contributed by atoms with Crippen molar-refractivity contribution >= 4 is 17.9 Å². The number of nitrogens with one attached hydrogen (secondary N) is 1. The van der Waals surface area contributed by atoms with E-state index >= 15 is 0 Å². The molecule has 0 unspecified atom stereocenters. The molecule has 1 aromatic carbocycles. The summed E-state index contributed by atoms with van der Waals surface area (Å²) in [4.78, 5) is 20.7. The van der Waals surface area contributed by atoms with Gasteiger partial charge in [-0.1, -0.05) is 0 Å². The summed E-state index contributed by atoms with van der Waals surface area (Å²) in [5, 5.41) is 2.20. The van der Waals surface area contributed by atoms with Crippen molar-refractivity contribution in [3.63, 3.8) is 0 Å². The van der Waals surface area contributed by atoms with Crippen molar-refractivity contribution in [1.29, 1.82) is 0 Å². The first-order valence-corrected chi connectivity index (χ1v) is 4.36. The van der Waals surface area contributed by atoms with Crippen molar-refractivity contribution in [2.75, 3.05) is 11.9 Å². The van der Waals surface area contributed by atoms with Crippen molar-refractivity contribution < 1.29 is 18.7 Å². The number of carbonyl (C=O) groups excluding carboxylic acids is 2. The minimum Gasteiger partial charge on any atom is -0.491 e. The summed E-state index contributed by atoms with van der Waals surface area (Å²) < 4.78 is 18.2. The molecule has 0 spiro atoms. The number of amides is 1. The maximum absolute atomic E-state index is 13.2. The highest BCUT2D eigenvalue weighted by atomic mass is 19.1. The van der Waals surface area contributed by atoms with Crippen LogP contribution >= 0.6 is 0 Å². The molecule has 1 N–H and O–H groups in total. The highest BCUT2D eigenvalue weighted by molar-refractivity contribution is 6.29. The first kappa shape index (κ1) is 11.2. The Morgan fingerprint density at radius 1 is 1.60 bits per heavy atom. The number of rotatable bonds is 4. The lowest BCUT2D eigenvalue weighted by Gasteiger charge is -2.06. The van der Waals surface area contributed by atoms with E-state index in [0.717, 1.165) is 6.07 Å². The molecular weight excluding hydrogens is 201 g/mol. The van der Waals surface area contributed by atoms with Crippen LogP contribution in [0.3, 0.4) is 0 Å². The van der Waals surface area contributed by atoms with Gasteiger partial charge in [0.1, 0.15) is 0 Å². The fourth-order valence-electron chi connectivity index (χ4n) is 1.02. The average Bonchev–Trinajstić information content (AvgIpc) is 2.22. The zero-order chi connectivity index (χ0) is 11.3. The number of anilines is 1. The maximum atomic E-state index is 13.2. The zero-order valence-electron chi connectivity index (χ0n) is 8.12. The van der Waals surface area contributed by atoms with E-state index in [1.165, 1.54) is 12.1 Å². The number of halogens is 1. The Morgan fingerprint density at radius 3 is 2.87 bits per heavy atom. The molecule has 0 bridgehead atoms. The smallest absolute Gasteiger partial charge is 0.288 e. The second-order valence-electron chi connectivity index (χ2n) is 2.69. The Kier molecular flexibility index (Phi) is 3.79. The Hall–Kier alpha value is -1.91. The molecule has 0 aromatic heterocycles. The average molecular weight is 211 g/mol. The molecule has 1 aromatic rings. The van der Waals surface area contributed by atoms with Gasteiger partial charge in [0.2, 0.25) is 6.29 Å². The molecule has 0 saturated carbocycles. The summed E-state index contributed by atoms with van der Waals surface area (Å²) in [7, 11) is 0. The fourth-order valence-corrected chi connectivity index (χ4v) is 1.02. The predicted octanol–water partition coefficient (Wildman–Crippen LogP) is 1.36. The van der Waals surface area contributed by atoms with Crippen molar-refractivity contribution in [1.82, 2.24) is 0 Å². The van der Waals surface area contributed by atoms with Crippen LogP contribution in [0.4, 0.5) is 10.1 Å². The van der Waals surface area contributed by atoms with Crippen LogP contribution in [-0.4, -0.2) is 18.8 Å². The van der Waals surface area contributed by atoms with Gasteiger partial charge < -0.3 is 10.1 Å². The zero-order valence-corrected chi connectivity index (χ0v) is 8.12. The van der Waals surface area contributed by atoms with Gasteiger partial charge in [-0.25, -0.2) is 4.39 Å². The minimum atomic E-state index is -0.821. The van der Waals surface area contributed by atoms with Gasteiger partial charge in [0.05, 0.1) is 6.61 Å². The largest absolute Gasteiger partial charge is 0.491 e. The standard InChI is InChI=1S/C10H10FNO3/c1-2-15-9-4-3-7(5-8(9)11)12-10(14)6-13/h3-6H,2H2,1H3,(H,12,14). The first-order valence-electron chi connectivity index (χ1n) is 4.36. The summed E-state index contributed by atoms with van der Waals surface area (Å²) in [6.07, 6.45) is 0.119. The molecule has 80 valence electrons. The number of ether oxygens (including phenoxy) is 1. The second kappa shape index (κ2) is 5.09. The SMILES string of the molecule is CCOc1ccc(NC(=O)C=O)cc1F. The third kappa shape index (κ3) is 3.05. The molecule has 5 heteroatoms. The molecule has 1 rings (SSSR count). The lowest BCUT2D eigenvalue weighted by Crippen LogP contribution is -2.12. The second-order valence-corrected chi connectivity index (χ2v) is 2.69. The molecule has 0 heterocycles. The Balaban J connectivity index is 2.81. The van der Waals surface area contributed by atoms with Gasteiger partial charge in [-0.3, -0.25) is 9.59 Å². The molecule has 0 fully saturated rings. The number of hydrogen-bond acceptors (Lipinski definition) is 3. The van der Waals surface area contributed by atoms with Crippen LogP contribution in [0, 0.1) is 5.82 Å². The Bertz CT molecular complexity index is 379. The third-order valence-corrected chi connectivity index (χ3v) is 1.61. The van der Waals surface area contributed by atoms with E-state index < -0.39 is 11.7 Å². The molecule has 0 atom stereocenters. The molecule has 1 amide bonds. The quantitative estimate of drug-likeness (QED) is 0.604. The number of benzene rings is 1. The topological polar surface area (TPSA) is 55.4 Å². The number of carbonyl (C=O) groups is 2. The summed E-state index contributed by atoms with van der Waals surface area (Å²) in [6.45, 7) is 2.10. The van der Waals surface area contributed by atoms with Gasteiger partial charge in [0.15, 0.2) is 11.6 Å². The van der Waals surface area contributed by atoms with Crippen molar-refractivity contribution in [3.8, 4) is 5.75 Å². The van der Waals surface area contributed by atoms with Crippen LogP contribution in [-0.2, 0) is 9.59 Å². The fraction of sp³-hybridized carbons (Fsp3) is 0.200. The summed E-state index contributed by atoms with van der Waals surface area (Å²) in [5.41, 5.74) is 0.216. The summed E-state index contributed by atoms with van der Waals surface area (Å²) >= 11 is 0. The van der Waals surface area contributed by atoms with Crippen molar-refractivity contribution in [2.45, 2.75) is 6.92 Å². The van der Waals surface area contributed by atoms with E-state index in [2.05, 4.69) is 5.32 Å². The van der Waals surface area contributed by atoms with E-state index in [4.69, 9.17) is 4.74 Å². The van der Waals surface area contributed by atoms with Gasteiger partial charge in [0, 0.05) is 11.8 Å². The van der Waals surface area contributed by atoms with E-state index in [1.54, 1.807) is 6.92 Å². The highest BCUT2D eigenvalue weighted by Crippen LogP contribution is 2.20. The molecule has 0 radical (unpaired) electrons. The molecule has 4 nitrogen and oxygen atoms in total. The van der Waals surface area contributed by atoms with Gasteiger partial charge in [-0.2, -0.15) is 0 Å². The predicted molar refractivity (Wildman–Crippen MR) is 52.3 cm³/mol. The maximum Gasteiger partial charge on any atom is 0.288 e. The molecule has 0 aliphatic rings. The number of hydrogen-bond donors (Lipinski definition) is 1. The first-order chi connectivity index (χ1) is 7.17. The van der Waals surface area contributed by atoms with Crippen molar-refractivity contribution in [2.24, 2.45) is 0 Å². The third-order valence-electron chi connectivity index (χ3n) is 1.61. The van der Waals surface area contributed by atoms with Crippen LogP contribution in [0.1, 0.15) is 6.92 Å². The van der Waals surface area contributed by atoms with Crippen LogP contribution in [0.25, 0.3) is 0 Å². The van der Waals surface area contributed by atoms with Crippen LogP contribution in [0.5, 0.6) is 5.75 Å². The lowest BCUT2D eigenvalue weighted by atomic mass is 10.3. The van der Waals surface area contributed by atoms with Crippen molar-refractivity contribution in [3.05, 3.63) is 24.0 Å². The van der Waals surface area contributed by atoms with E-state index in [0.29, 0.717) is 6.61 Å². The van der Waals surface area contributed by atoms with Crippen LogP contribution < -0.4 is 10.1 Å². The van der Waals surface area contributed by atoms with Gasteiger partial charge in [0.25, 0.3) is 5.91 Å². The van der Waals surface area contributed by atoms with E-state index in [-0.39, 0.29) is 17.7 Å². The summed E-state index contributed by atoms with van der Waals surface area (Å²) in [6, 6.07) is 3.93. The van der Waals surface area contributed by atoms with Crippen LogP contribution in [0.2, 0.25) is 0 Å². The normalized spacial score (nSPS) is 9.47. The Morgan fingerprint density at radius 2 is 2.33 bits per heavy atom. The minimum absolute atomic E-state index is 0.113. The number of aldehydes is 1. The Labute approximate surface area is 86.0 Å².